The van der Waals surface area contributed by atoms with Gasteiger partial charge in [-0.25, -0.2) is 8.42 Å². The van der Waals surface area contributed by atoms with Gasteiger partial charge in [-0.1, -0.05) is 60.7 Å². The van der Waals surface area contributed by atoms with Crippen LogP contribution in [-0.4, -0.2) is 69.2 Å². The normalized spacial score (nSPS) is 17.4. The molecule has 10 nitrogen and oxygen atoms in total. The summed E-state index contributed by atoms with van der Waals surface area (Å²) >= 11 is 0. The Kier molecular flexibility index (Phi) is 10.3. The molecule has 0 aromatic heterocycles. The number of hydrogen-bond acceptors (Lipinski definition) is 7. The average molecular weight is 607 g/mol. The van der Waals surface area contributed by atoms with E-state index in [9.17, 15) is 27.9 Å². The number of piperidine rings is 1. The quantitative estimate of drug-likeness (QED) is 0.263. The molecule has 0 aliphatic carbocycles. The van der Waals surface area contributed by atoms with Crippen LogP contribution in [0.5, 0.6) is 0 Å². The van der Waals surface area contributed by atoms with Crippen LogP contribution in [-0.2, 0) is 21.2 Å². The van der Waals surface area contributed by atoms with E-state index in [0.29, 0.717) is 13.0 Å². The van der Waals surface area contributed by atoms with E-state index in [0.717, 1.165) is 21.7 Å². The summed E-state index contributed by atoms with van der Waals surface area (Å²) in [4.78, 5) is 39.2. The fourth-order valence-corrected chi connectivity index (χ4v) is 5.56. The standard InChI is InChI=1S/C32H38N4O6S/c1-21(23-12-8-5-9-13-23)34-31(39)24-17-25(19-26(18-24)36(2)43(3,41)42)32(40)35-29(16-22-10-6-4-7-11-22)30(38)28-20-27(37)14-15-33-28/h4-13,17-19,21,28-30,33,38H,14-16,20H2,1-3H3,(H,34,39)(H,35,40)/t21-,28?,29?,30-/m1/s1. The number of ketones is 1. The second kappa shape index (κ2) is 13.9. The van der Waals surface area contributed by atoms with Crippen LogP contribution in [0.4, 0.5) is 5.69 Å². The maximum atomic E-state index is 13.7. The fraction of sp³-hybridized carbons (Fsp3) is 0.344. The molecule has 4 rings (SSSR count). The van der Waals surface area contributed by atoms with Crippen LogP contribution in [0.15, 0.2) is 78.9 Å². The van der Waals surface area contributed by atoms with Crippen molar-refractivity contribution in [3.05, 3.63) is 101 Å². The molecular formula is C32H38N4O6S. The minimum atomic E-state index is -3.71. The van der Waals surface area contributed by atoms with Crippen LogP contribution < -0.4 is 20.3 Å². The van der Waals surface area contributed by atoms with Crippen LogP contribution >= 0.6 is 0 Å². The van der Waals surface area contributed by atoms with E-state index in [2.05, 4.69) is 16.0 Å². The summed E-state index contributed by atoms with van der Waals surface area (Å²) < 4.78 is 25.8. The Morgan fingerprint density at radius 2 is 1.56 bits per heavy atom. The average Bonchev–Trinajstić information content (AvgIpc) is 3.00. The number of carbonyl (C=O) groups excluding carboxylic acids is 3. The Morgan fingerprint density at radius 3 is 2.14 bits per heavy atom. The van der Waals surface area contributed by atoms with Crippen molar-refractivity contribution in [2.75, 3.05) is 24.2 Å². The Bertz CT molecular complexity index is 1550. The topological polar surface area (TPSA) is 145 Å². The predicted molar refractivity (Wildman–Crippen MR) is 165 cm³/mol. The highest BCUT2D eigenvalue weighted by Crippen LogP contribution is 2.23. The van der Waals surface area contributed by atoms with Crippen molar-refractivity contribution in [3.63, 3.8) is 0 Å². The van der Waals surface area contributed by atoms with Crippen molar-refractivity contribution >= 4 is 33.3 Å². The Labute approximate surface area is 252 Å². The smallest absolute Gasteiger partial charge is 0.251 e. The van der Waals surface area contributed by atoms with Crippen LogP contribution in [0.25, 0.3) is 0 Å². The first kappa shape index (κ1) is 31.9. The summed E-state index contributed by atoms with van der Waals surface area (Å²) in [6.45, 7) is 2.26. The molecule has 2 amide bonds. The number of anilines is 1. The van der Waals surface area contributed by atoms with Crippen molar-refractivity contribution in [3.8, 4) is 0 Å². The van der Waals surface area contributed by atoms with Gasteiger partial charge in [0, 0.05) is 43.6 Å². The van der Waals surface area contributed by atoms with Crippen molar-refractivity contribution in [2.45, 2.75) is 50.4 Å². The molecule has 11 heteroatoms. The fourth-order valence-electron chi connectivity index (χ4n) is 5.07. The van der Waals surface area contributed by atoms with E-state index in [1.807, 2.05) is 67.6 Å². The molecule has 1 fully saturated rings. The summed E-state index contributed by atoms with van der Waals surface area (Å²) in [5.41, 5.74) is 2.02. The molecule has 1 aliphatic heterocycles. The molecule has 4 atom stereocenters. The predicted octanol–water partition coefficient (Wildman–Crippen LogP) is 2.60. The van der Waals surface area contributed by atoms with Crippen molar-refractivity contribution in [1.82, 2.24) is 16.0 Å². The zero-order chi connectivity index (χ0) is 31.1. The Morgan fingerprint density at radius 1 is 0.977 bits per heavy atom. The lowest BCUT2D eigenvalue weighted by molar-refractivity contribution is -0.121. The minimum absolute atomic E-state index is 0.0319. The molecular weight excluding hydrogens is 568 g/mol. The maximum Gasteiger partial charge on any atom is 0.251 e. The summed E-state index contributed by atoms with van der Waals surface area (Å²) in [7, 11) is -2.37. The van der Waals surface area contributed by atoms with Gasteiger partial charge in [-0.15, -0.1) is 0 Å². The van der Waals surface area contributed by atoms with E-state index in [1.54, 1.807) is 0 Å². The minimum Gasteiger partial charge on any atom is -0.389 e. The van der Waals surface area contributed by atoms with Gasteiger partial charge in [0.1, 0.15) is 5.78 Å². The number of nitrogens with zero attached hydrogens (tertiary/aromatic N) is 1. The lowest BCUT2D eigenvalue weighted by atomic mass is 9.90. The zero-order valence-electron chi connectivity index (χ0n) is 24.5. The van der Waals surface area contributed by atoms with Crippen LogP contribution in [0.2, 0.25) is 0 Å². The first-order chi connectivity index (χ1) is 20.4. The third-order valence-electron chi connectivity index (χ3n) is 7.65. The number of aliphatic hydroxyl groups excluding tert-OH is 1. The van der Waals surface area contributed by atoms with Crippen LogP contribution in [0, 0.1) is 0 Å². The monoisotopic (exact) mass is 606 g/mol. The van der Waals surface area contributed by atoms with Gasteiger partial charge in [0.25, 0.3) is 11.8 Å². The van der Waals surface area contributed by atoms with Gasteiger partial charge in [-0.05, 0) is 42.7 Å². The van der Waals surface area contributed by atoms with E-state index in [4.69, 9.17) is 0 Å². The molecule has 3 aromatic carbocycles. The molecule has 1 saturated heterocycles. The van der Waals surface area contributed by atoms with E-state index >= 15 is 0 Å². The largest absolute Gasteiger partial charge is 0.389 e. The van der Waals surface area contributed by atoms with Crippen LogP contribution in [0.3, 0.4) is 0 Å². The van der Waals surface area contributed by atoms with Gasteiger partial charge in [0.15, 0.2) is 0 Å². The molecule has 1 heterocycles. The number of sulfonamides is 1. The molecule has 0 saturated carbocycles. The Hall–Kier alpha value is -4.06. The first-order valence-corrected chi connectivity index (χ1v) is 16.0. The number of benzene rings is 3. The number of rotatable bonds is 11. The highest BCUT2D eigenvalue weighted by Gasteiger charge is 2.33. The summed E-state index contributed by atoms with van der Waals surface area (Å²) in [6.07, 6.45) is 0.741. The van der Waals surface area contributed by atoms with Gasteiger partial charge in [-0.2, -0.15) is 0 Å². The molecule has 2 unspecified atom stereocenters. The first-order valence-electron chi connectivity index (χ1n) is 14.1. The van der Waals surface area contributed by atoms with Crippen LogP contribution in [0.1, 0.15) is 57.7 Å². The molecule has 228 valence electrons. The molecule has 3 aromatic rings. The van der Waals surface area contributed by atoms with E-state index in [1.165, 1.54) is 25.2 Å². The highest BCUT2D eigenvalue weighted by atomic mass is 32.2. The van der Waals surface area contributed by atoms with Gasteiger partial charge >= 0.3 is 0 Å². The zero-order valence-corrected chi connectivity index (χ0v) is 25.3. The lowest BCUT2D eigenvalue weighted by Gasteiger charge is -2.33. The van der Waals surface area contributed by atoms with E-state index < -0.39 is 40.0 Å². The number of aliphatic hydroxyl groups is 1. The number of Topliss-reactive ketones (excluding diaryl/α,β-unsaturated/α-hetero) is 1. The number of amides is 2. The van der Waals surface area contributed by atoms with Crippen molar-refractivity contribution in [1.29, 1.82) is 0 Å². The SMILES string of the molecule is C[C@@H](NC(=O)c1cc(C(=O)NC(Cc2ccccc2)[C@H](O)C2CC(=O)CCN2)cc(N(C)S(C)(=O)=O)c1)c1ccccc1. The number of hydrogen-bond donors (Lipinski definition) is 4. The second-order valence-corrected chi connectivity index (χ2v) is 12.9. The summed E-state index contributed by atoms with van der Waals surface area (Å²) in [5, 5.41) is 20.3. The molecule has 0 bridgehead atoms. The molecule has 1 aliphatic rings. The van der Waals surface area contributed by atoms with Gasteiger partial charge in [0.2, 0.25) is 10.0 Å². The Balaban J connectivity index is 1.65. The highest BCUT2D eigenvalue weighted by molar-refractivity contribution is 7.92. The molecule has 0 spiro atoms. The van der Waals surface area contributed by atoms with Crippen molar-refractivity contribution < 1.29 is 27.9 Å². The third kappa shape index (κ3) is 8.50. The van der Waals surface area contributed by atoms with Gasteiger partial charge in [0.05, 0.1) is 30.1 Å². The molecule has 43 heavy (non-hydrogen) atoms. The van der Waals surface area contributed by atoms with Gasteiger partial charge < -0.3 is 21.1 Å². The second-order valence-electron chi connectivity index (χ2n) is 10.9. The maximum absolute atomic E-state index is 13.7. The third-order valence-corrected chi connectivity index (χ3v) is 8.85. The lowest BCUT2D eigenvalue weighted by Crippen LogP contribution is -2.56. The van der Waals surface area contributed by atoms with Gasteiger partial charge in [-0.3, -0.25) is 18.7 Å². The molecule has 0 radical (unpaired) electrons. The summed E-state index contributed by atoms with van der Waals surface area (Å²) in [6, 6.07) is 21.2. The molecule has 4 N–H and O–H groups in total. The number of nitrogens with one attached hydrogen (secondary N) is 3. The van der Waals surface area contributed by atoms with Crippen molar-refractivity contribution in [2.24, 2.45) is 0 Å². The number of carbonyl (C=O) groups is 3. The summed E-state index contributed by atoms with van der Waals surface area (Å²) in [5.74, 6) is -1.06. The van der Waals surface area contributed by atoms with E-state index in [-0.39, 0.29) is 41.5 Å².